The number of rotatable bonds is 4. The second kappa shape index (κ2) is 5.60. The lowest BCUT2D eigenvalue weighted by molar-refractivity contribution is 0.0954. The summed E-state index contributed by atoms with van der Waals surface area (Å²) in [6.07, 6.45) is 2.57. The van der Waals surface area contributed by atoms with Crippen LogP contribution in [0.1, 0.15) is 16.8 Å². The molecule has 1 aromatic rings. The molecule has 0 aliphatic heterocycles. The second-order valence-electron chi connectivity index (χ2n) is 2.84. The van der Waals surface area contributed by atoms with E-state index in [9.17, 15) is 4.79 Å². The third-order valence-electron chi connectivity index (χ3n) is 1.72. The Kier molecular flexibility index (Phi) is 4.40. The van der Waals surface area contributed by atoms with Gasteiger partial charge in [0.1, 0.15) is 0 Å². The number of amides is 1. The molecule has 14 heavy (non-hydrogen) atoms. The molecule has 0 unspecified atom stereocenters. The summed E-state index contributed by atoms with van der Waals surface area (Å²) in [7, 11) is 0. The van der Waals surface area contributed by atoms with Crippen LogP contribution in [0.3, 0.4) is 0 Å². The minimum Gasteiger partial charge on any atom is -0.352 e. The topological polar surface area (TPSA) is 29.1 Å². The van der Waals surface area contributed by atoms with Crippen LogP contribution in [0.2, 0.25) is 0 Å². The number of benzene rings is 1. The summed E-state index contributed by atoms with van der Waals surface area (Å²) >= 11 is 3.32. The largest absolute Gasteiger partial charge is 0.352 e. The normalized spacial score (nSPS) is 9.50. The molecule has 0 heterocycles. The van der Waals surface area contributed by atoms with Crippen LogP contribution in [0.4, 0.5) is 0 Å². The fourth-order valence-corrected chi connectivity index (χ4v) is 1.42. The average Bonchev–Trinajstić information content (AvgIpc) is 2.18. The molecule has 0 atom stereocenters. The van der Waals surface area contributed by atoms with Gasteiger partial charge < -0.3 is 5.32 Å². The van der Waals surface area contributed by atoms with Crippen LogP contribution in [0.15, 0.2) is 41.4 Å². The van der Waals surface area contributed by atoms with Crippen LogP contribution in [-0.4, -0.2) is 12.5 Å². The number of carbonyl (C=O) groups is 1. The zero-order valence-electron chi connectivity index (χ0n) is 7.79. The molecule has 0 aromatic heterocycles. The third-order valence-corrected chi connectivity index (χ3v) is 2.21. The second-order valence-corrected chi connectivity index (χ2v) is 3.76. The van der Waals surface area contributed by atoms with Gasteiger partial charge in [0.2, 0.25) is 0 Å². The van der Waals surface area contributed by atoms with Gasteiger partial charge in [0.05, 0.1) is 0 Å². The maximum atomic E-state index is 11.5. The molecule has 2 nitrogen and oxygen atoms in total. The van der Waals surface area contributed by atoms with Crippen molar-refractivity contribution in [1.82, 2.24) is 5.32 Å². The lowest BCUT2D eigenvalue weighted by Crippen LogP contribution is -2.23. The van der Waals surface area contributed by atoms with E-state index >= 15 is 0 Å². The van der Waals surface area contributed by atoms with Gasteiger partial charge in [-0.05, 0) is 24.6 Å². The van der Waals surface area contributed by atoms with Crippen molar-refractivity contribution in [3.63, 3.8) is 0 Å². The summed E-state index contributed by atoms with van der Waals surface area (Å²) in [6.45, 7) is 4.22. The molecule has 1 N–H and O–H groups in total. The maximum Gasteiger partial charge on any atom is 0.251 e. The average molecular weight is 254 g/mol. The van der Waals surface area contributed by atoms with Gasteiger partial charge in [-0.15, -0.1) is 6.58 Å². The Balaban J connectivity index is 2.56. The van der Waals surface area contributed by atoms with E-state index in [0.717, 1.165) is 10.9 Å². The fourth-order valence-electron chi connectivity index (χ4n) is 1.02. The molecule has 3 heteroatoms. The number of nitrogens with one attached hydrogen (secondary N) is 1. The van der Waals surface area contributed by atoms with Crippen LogP contribution >= 0.6 is 15.9 Å². The fraction of sp³-hybridized carbons (Fsp3) is 0.182. The van der Waals surface area contributed by atoms with Gasteiger partial charge in [0, 0.05) is 16.6 Å². The van der Waals surface area contributed by atoms with Crippen LogP contribution in [-0.2, 0) is 0 Å². The SMILES string of the molecule is C=CCCNC(=O)c1cccc(Br)c1. The summed E-state index contributed by atoms with van der Waals surface area (Å²) in [4.78, 5) is 11.5. The zero-order valence-corrected chi connectivity index (χ0v) is 9.38. The Morgan fingerprint density at radius 1 is 1.57 bits per heavy atom. The van der Waals surface area contributed by atoms with Gasteiger partial charge in [-0.2, -0.15) is 0 Å². The van der Waals surface area contributed by atoms with E-state index in [0.29, 0.717) is 12.1 Å². The summed E-state index contributed by atoms with van der Waals surface area (Å²) in [5.41, 5.74) is 0.670. The highest BCUT2D eigenvalue weighted by molar-refractivity contribution is 9.10. The molecular formula is C11H12BrNO. The van der Waals surface area contributed by atoms with Crippen molar-refractivity contribution in [3.8, 4) is 0 Å². The molecule has 1 rings (SSSR count). The van der Waals surface area contributed by atoms with Crippen molar-refractivity contribution >= 4 is 21.8 Å². The molecule has 0 radical (unpaired) electrons. The van der Waals surface area contributed by atoms with Crippen molar-refractivity contribution < 1.29 is 4.79 Å². The summed E-state index contributed by atoms with van der Waals surface area (Å²) in [5, 5.41) is 2.80. The number of carbonyl (C=O) groups excluding carboxylic acids is 1. The Bertz CT molecular complexity index is 336. The van der Waals surface area contributed by atoms with Crippen molar-refractivity contribution in [3.05, 3.63) is 47.0 Å². The van der Waals surface area contributed by atoms with Gasteiger partial charge in [-0.1, -0.05) is 28.1 Å². The van der Waals surface area contributed by atoms with Crippen molar-refractivity contribution in [1.29, 1.82) is 0 Å². The van der Waals surface area contributed by atoms with E-state index in [2.05, 4.69) is 27.8 Å². The number of hydrogen-bond acceptors (Lipinski definition) is 1. The van der Waals surface area contributed by atoms with Crippen LogP contribution in [0.25, 0.3) is 0 Å². The number of halogens is 1. The summed E-state index contributed by atoms with van der Waals surface area (Å²) in [6, 6.07) is 7.31. The van der Waals surface area contributed by atoms with Gasteiger partial charge >= 0.3 is 0 Å². The minimum atomic E-state index is -0.0480. The lowest BCUT2D eigenvalue weighted by Gasteiger charge is -2.03. The van der Waals surface area contributed by atoms with Crippen molar-refractivity contribution in [2.75, 3.05) is 6.54 Å². The Morgan fingerprint density at radius 2 is 2.36 bits per heavy atom. The molecule has 0 aliphatic carbocycles. The summed E-state index contributed by atoms with van der Waals surface area (Å²) < 4.78 is 0.911. The highest BCUT2D eigenvalue weighted by atomic mass is 79.9. The first-order chi connectivity index (χ1) is 6.74. The quantitative estimate of drug-likeness (QED) is 0.649. The first-order valence-electron chi connectivity index (χ1n) is 4.38. The molecule has 0 spiro atoms. The van der Waals surface area contributed by atoms with E-state index < -0.39 is 0 Å². The molecule has 0 saturated carbocycles. The molecular weight excluding hydrogens is 242 g/mol. The Morgan fingerprint density at radius 3 is 3.00 bits per heavy atom. The Hall–Kier alpha value is -1.09. The first-order valence-corrected chi connectivity index (χ1v) is 5.18. The van der Waals surface area contributed by atoms with Crippen LogP contribution in [0, 0.1) is 0 Å². The van der Waals surface area contributed by atoms with E-state index in [-0.39, 0.29) is 5.91 Å². The van der Waals surface area contributed by atoms with Gasteiger partial charge in [-0.25, -0.2) is 0 Å². The van der Waals surface area contributed by atoms with Crippen molar-refractivity contribution in [2.24, 2.45) is 0 Å². The first kappa shape index (κ1) is 11.0. The standard InChI is InChI=1S/C11H12BrNO/c1-2-3-7-13-11(14)9-5-4-6-10(12)8-9/h2,4-6,8H,1,3,7H2,(H,13,14). The maximum absolute atomic E-state index is 11.5. The molecule has 0 fully saturated rings. The molecule has 0 bridgehead atoms. The van der Waals surface area contributed by atoms with Crippen molar-refractivity contribution in [2.45, 2.75) is 6.42 Å². The van der Waals surface area contributed by atoms with E-state index in [1.54, 1.807) is 18.2 Å². The number of hydrogen-bond donors (Lipinski definition) is 1. The minimum absolute atomic E-state index is 0.0480. The molecule has 1 aromatic carbocycles. The van der Waals surface area contributed by atoms with Gasteiger partial charge in [-0.3, -0.25) is 4.79 Å². The van der Waals surface area contributed by atoms with E-state index in [1.807, 2.05) is 12.1 Å². The van der Waals surface area contributed by atoms with Crippen LogP contribution in [0.5, 0.6) is 0 Å². The summed E-state index contributed by atoms with van der Waals surface area (Å²) in [5.74, 6) is -0.0480. The zero-order chi connectivity index (χ0) is 10.4. The highest BCUT2D eigenvalue weighted by Crippen LogP contribution is 2.11. The van der Waals surface area contributed by atoms with E-state index in [1.165, 1.54) is 0 Å². The molecule has 74 valence electrons. The molecule has 0 aliphatic rings. The third kappa shape index (κ3) is 3.34. The highest BCUT2D eigenvalue weighted by Gasteiger charge is 2.03. The molecule has 1 amide bonds. The predicted octanol–water partition coefficient (Wildman–Crippen LogP) is 2.76. The van der Waals surface area contributed by atoms with Gasteiger partial charge in [0.25, 0.3) is 5.91 Å². The lowest BCUT2D eigenvalue weighted by atomic mass is 10.2. The smallest absolute Gasteiger partial charge is 0.251 e. The van der Waals surface area contributed by atoms with Gasteiger partial charge in [0.15, 0.2) is 0 Å². The van der Waals surface area contributed by atoms with E-state index in [4.69, 9.17) is 0 Å². The van der Waals surface area contributed by atoms with Crippen LogP contribution < -0.4 is 5.32 Å². The molecule has 0 saturated heterocycles. The Labute approximate surface area is 92.1 Å². The predicted molar refractivity (Wildman–Crippen MR) is 61.3 cm³/mol. The monoisotopic (exact) mass is 253 g/mol.